The molecule has 12 aromatic rings. The summed E-state index contributed by atoms with van der Waals surface area (Å²) in [4.78, 5) is 2.39. The zero-order chi connectivity index (χ0) is 37.5. The van der Waals surface area contributed by atoms with Gasteiger partial charge in [-0.2, -0.15) is 0 Å². The van der Waals surface area contributed by atoms with Crippen LogP contribution in [0.5, 0.6) is 0 Å². The lowest BCUT2D eigenvalue weighted by Crippen LogP contribution is -2.10. The number of thiophene rings is 1. The van der Waals surface area contributed by atoms with Crippen molar-refractivity contribution in [3.05, 3.63) is 200 Å². The lowest BCUT2D eigenvalue weighted by molar-refractivity contribution is 0.672. The molecule has 0 bridgehead atoms. The number of fused-ring (bicyclic) bond motifs is 11. The van der Waals surface area contributed by atoms with Crippen molar-refractivity contribution < 1.29 is 4.42 Å². The van der Waals surface area contributed by atoms with E-state index in [9.17, 15) is 0 Å². The van der Waals surface area contributed by atoms with Crippen LogP contribution < -0.4 is 4.90 Å². The van der Waals surface area contributed by atoms with E-state index >= 15 is 0 Å². The zero-order valence-corrected chi connectivity index (χ0v) is 31.6. The van der Waals surface area contributed by atoms with Crippen LogP contribution in [0.4, 0.5) is 17.1 Å². The second-order valence-electron chi connectivity index (χ2n) is 14.9. The van der Waals surface area contributed by atoms with Crippen molar-refractivity contribution in [3.8, 4) is 22.3 Å². The van der Waals surface area contributed by atoms with Crippen molar-refractivity contribution in [1.29, 1.82) is 0 Å². The Bertz CT molecular complexity index is 3540. The molecule has 0 aliphatic carbocycles. The number of anilines is 3. The maximum atomic E-state index is 6.70. The van der Waals surface area contributed by atoms with Crippen LogP contribution in [-0.2, 0) is 0 Å². The maximum Gasteiger partial charge on any atom is 0.143 e. The summed E-state index contributed by atoms with van der Waals surface area (Å²) < 4.78 is 9.32. The highest BCUT2D eigenvalue weighted by Gasteiger charge is 2.21. The van der Waals surface area contributed by atoms with Gasteiger partial charge in [0, 0.05) is 42.3 Å². The van der Waals surface area contributed by atoms with Crippen molar-refractivity contribution >= 4 is 103 Å². The van der Waals surface area contributed by atoms with Gasteiger partial charge in [-0.1, -0.05) is 140 Å². The van der Waals surface area contributed by atoms with E-state index in [1.54, 1.807) is 0 Å². The molecule has 0 radical (unpaired) electrons. The van der Waals surface area contributed by atoms with Gasteiger partial charge in [-0.15, -0.1) is 11.3 Å². The van der Waals surface area contributed by atoms with E-state index in [-0.39, 0.29) is 0 Å². The number of nitrogens with zero attached hydrogens (tertiary/aromatic N) is 1. The SMILES string of the molecule is c1cc(-c2ccc3c(c2)sc2ccccc23)cc(N(c2ccc(-c3ccc4c(ccc5ccccc54)c3)cc2)c2cccc3oc4c5ccccc5ccc4c23)c1. The molecule has 0 saturated heterocycles. The Morgan fingerprint density at radius 2 is 0.965 bits per heavy atom. The van der Waals surface area contributed by atoms with Gasteiger partial charge in [0.15, 0.2) is 0 Å². The van der Waals surface area contributed by atoms with Crippen LogP contribution in [-0.4, -0.2) is 0 Å². The summed E-state index contributed by atoms with van der Waals surface area (Å²) in [7, 11) is 0. The molecule has 0 atom stereocenters. The number of hydrogen-bond donors (Lipinski definition) is 0. The molecule has 10 aromatic carbocycles. The lowest BCUT2D eigenvalue weighted by atomic mass is 9.97. The van der Waals surface area contributed by atoms with E-state index in [1.165, 1.54) is 69.4 Å². The van der Waals surface area contributed by atoms with E-state index in [1.807, 2.05) is 11.3 Å². The molecule has 2 aromatic heterocycles. The molecular formula is C54H33NOS. The quantitative estimate of drug-likeness (QED) is 0.163. The van der Waals surface area contributed by atoms with E-state index in [0.29, 0.717) is 0 Å². The first-order valence-electron chi connectivity index (χ1n) is 19.4. The normalized spacial score (nSPS) is 11.9. The van der Waals surface area contributed by atoms with Gasteiger partial charge in [0.1, 0.15) is 11.2 Å². The van der Waals surface area contributed by atoms with E-state index in [2.05, 4.69) is 205 Å². The standard InChI is InChI=1S/C54H33NOS/c1-3-13-43-35(9-1)19-20-40-31-38(24-28-44(40)43)34-21-26-41(27-22-34)55(49-16-8-17-50-53(49)48-30-23-36-10-2-4-14-45(36)54(48)56-50)42-12-7-11-37(32-42)39-25-29-47-46-15-5-6-18-51(46)57-52(47)33-39/h1-33H. The minimum Gasteiger partial charge on any atom is -0.455 e. The molecule has 0 aliphatic rings. The fourth-order valence-corrected chi connectivity index (χ4v) is 10.0. The van der Waals surface area contributed by atoms with Crippen molar-refractivity contribution in [2.45, 2.75) is 0 Å². The van der Waals surface area contributed by atoms with Crippen LogP contribution in [0.2, 0.25) is 0 Å². The van der Waals surface area contributed by atoms with Crippen molar-refractivity contribution in [3.63, 3.8) is 0 Å². The Hall–Kier alpha value is -7.20. The van der Waals surface area contributed by atoms with E-state index < -0.39 is 0 Å². The third-order valence-electron chi connectivity index (χ3n) is 11.6. The van der Waals surface area contributed by atoms with Crippen LogP contribution >= 0.6 is 11.3 Å². The van der Waals surface area contributed by atoms with Crippen LogP contribution in [0.25, 0.3) is 96.7 Å². The Labute approximate surface area is 333 Å². The minimum absolute atomic E-state index is 0.871. The van der Waals surface area contributed by atoms with E-state index in [0.717, 1.165) is 44.4 Å². The van der Waals surface area contributed by atoms with Gasteiger partial charge in [0.25, 0.3) is 0 Å². The van der Waals surface area contributed by atoms with E-state index in [4.69, 9.17) is 4.42 Å². The molecule has 0 saturated carbocycles. The van der Waals surface area contributed by atoms with Gasteiger partial charge >= 0.3 is 0 Å². The van der Waals surface area contributed by atoms with Gasteiger partial charge in [-0.05, 0) is 110 Å². The molecule has 0 N–H and O–H groups in total. The number of hydrogen-bond acceptors (Lipinski definition) is 3. The zero-order valence-electron chi connectivity index (χ0n) is 30.8. The number of benzene rings is 10. The molecule has 3 heteroatoms. The largest absolute Gasteiger partial charge is 0.455 e. The molecule has 2 heterocycles. The molecule has 0 unspecified atom stereocenters. The monoisotopic (exact) mass is 743 g/mol. The molecule has 12 rings (SSSR count). The van der Waals surface area contributed by atoms with Crippen LogP contribution in [0, 0.1) is 0 Å². The molecule has 0 fully saturated rings. The van der Waals surface area contributed by atoms with Crippen LogP contribution in [0.15, 0.2) is 205 Å². The third kappa shape index (κ3) is 5.17. The molecule has 2 nitrogen and oxygen atoms in total. The van der Waals surface area contributed by atoms with Crippen LogP contribution in [0.3, 0.4) is 0 Å². The highest BCUT2D eigenvalue weighted by molar-refractivity contribution is 7.25. The minimum atomic E-state index is 0.871. The first-order valence-corrected chi connectivity index (χ1v) is 20.2. The van der Waals surface area contributed by atoms with Gasteiger partial charge in [0.05, 0.1) is 11.1 Å². The van der Waals surface area contributed by atoms with Crippen molar-refractivity contribution in [2.24, 2.45) is 0 Å². The Balaban J connectivity index is 1.02. The summed E-state index contributed by atoms with van der Waals surface area (Å²) in [6.07, 6.45) is 0. The van der Waals surface area contributed by atoms with Gasteiger partial charge in [-0.3, -0.25) is 0 Å². The fraction of sp³-hybridized carbons (Fsp3) is 0. The fourth-order valence-electron chi connectivity index (χ4n) is 8.87. The van der Waals surface area contributed by atoms with Crippen LogP contribution in [0.1, 0.15) is 0 Å². The summed E-state index contributed by atoms with van der Waals surface area (Å²) in [6.45, 7) is 0. The first kappa shape index (κ1) is 32.1. The summed E-state index contributed by atoms with van der Waals surface area (Å²) in [5.41, 5.74) is 9.77. The van der Waals surface area contributed by atoms with Gasteiger partial charge in [-0.25, -0.2) is 0 Å². The van der Waals surface area contributed by atoms with Crippen molar-refractivity contribution in [2.75, 3.05) is 4.90 Å². The molecule has 0 spiro atoms. The second kappa shape index (κ2) is 12.7. The summed E-state index contributed by atoms with van der Waals surface area (Å²) in [5, 5.41) is 12.2. The summed E-state index contributed by atoms with van der Waals surface area (Å²) >= 11 is 1.86. The predicted octanol–water partition coefficient (Wildman–Crippen LogP) is 16.2. The maximum absolute atomic E-state index is 6.70. The van der Waals surface area contributed by atoms with Crippen molar-refractivity contribution in [1.82, 2.24) is 0 Å². The summed E-state index contributed by atoms with van der Waals surface area (Å²) in [5.74, 6) is 0. The molecule has 0 amide bonds. The summed E-state index contributed by atoms with van der Waals surface area (Å²) in [6, 6.07) is 72.8. The molecule has 266 valence electrons. The Morgan fingerprint density at radius 3 is 1.84 bits per heavy atom. The molecular weight excluding hydrogens is 711 g/mol. The average Bonchev–Trinajstić information content (AvgIpc) is 3.85. The van der Waals surface area contributed by atoms with Gasteiger partial charge in [0.2, 0.25) is 0 Å². The second-order valence-corrected chi connectivity index (χ2v) is 16.0. The molecule has 57 heavy (non-hydrogen) atoms. The smallest absolute Gasteiger partial charge is 0.143 e. The highest BCUT2D eigenvalue weighted by atomic mass is 32.1. The number of furan rings is 1. The third-order valence-corrected chi connectivity index (χ3v) is 12.8. The predicted molar refractivity (Wildman–Crippen MR) is 245 cm³/mol. The Morgan fingerprint density at radius 1 is 0.351 bits per heavy atom. The lowest BCUT2D eigenvalue weighted by Gasteiger charge is -2.27. The first-order chi connectivity index (χ1) is 28.2. The number of rotatable bonds is 5. The highest BCUT2D eigenvalue weighted by Crippen LogP contribution is 2.46. The average molecular weight is 744 g/mol. The Kier molecular flexibility index (Phi) is 7.13. The topological polar surface area (TPSA) is 16.4 Å². The molecule has 0 aliphatic heterocycles. The van der Waals surface area contributed by atoms with Gasteiger partial charge < -0.3 is 9.32 Å².